The van der Waals surface area contributed by atoms with Crippen molar-refractivity contribution in [1.29, 1.82) is 0 Å². The van der Waals surface area contributed by atoms with Crippen molar-refractivity contribution in [3.8, 4) is 5.75 Å². The number of methoxy groups -OCH3 is 1. The third-order valence-electron chi connectivity index (χ3n) is 4.26. The van der Waals surface area contributed by atoms with Gasteiger partial charge in [-0.05, 0) is 25.3 Å². The molecule has 2 heterocycles. The third-order valence-corrected chi connectivity index (χ3v) is 4.26. The Kier molecular flexibility index (Phi) is 3.71. The maximum atomic E-state index is 14.0. The SMILES string of the molecule is COc1ccc(CN2CCC3CCC(C2)N3)c(F)c1. The molecule has 1 aromatic carbocycles. The minimum Gasteiger partial charge on any atom is -0.497 e. The summed E-state index contributed by atoms with van der Waals surface area (Å²) >= 11 is 0. The van der Waals surface area contributed by atoms with Gasteiger partial charge in [0, 0.05) is 43.3 Å². The van der Waals surface area contributed by atoms with Crippen molar-refractivity contribution in [3.05, 3.63) is 29.6 Å². The smallest absolute Gasteiger partial charge is 0.131 e. The van der Waals surface area contributed by atoms with Gasteiger partial charge in [0.15, 0.2) is 0 Å². The molecule has 2 bridgehead atoms. The molecule has 1 aromatic rings. The van der Waals surface area contributed by atoms with Crippen LogP contribution in [-0.4, -0.2) is 37.2 Å². The van der Waals surface area contributed by atoms with E-state index in [0.29, 0.717) is 24.4 Å². The van der Waals surface area contributed by atoms with Crippen molar-refractivity contribution in [2.24, 2.45) is 0 Å². The van der Waals surface area contributed by atoms with E-state index in [-0.39, 0.29) is 5.82 Å². The van der Waals surface area contributed by atoms with Crippen molar-refractivity contribution in [2.45, 2.75) is 37.9 Å². The molecule has 0 aromatic heterocycles. The summed E-state index contributed by atoms with van der Waals surface area (Å²) in [5.41, 5.74) is 0.763. The Bertz CT molecular complexity index is 452. The lowest BCUT2D eigenvalue weighted by atomic mass is 10.1. The highest BCUT2D eigenvalue weighted by Crippen LogP contribution is 2.23. The minimum atomic E-state index is -0.165. The average Bonchev–Trinajstić information content (AvgIpc) is 2.74. The molecule has 0 saturated carbocycles. The highest BCUT2D eigenvalue weighted by Gasteiger charge is 2.29. The van der Waals surface area contributed by atoms with Crippen molar-refractivity contribution < 1.29 is 9.13 Å². The maximum Gasteiger partial charge on any atom is 0.131 e. The van der Waals surface area contributed by atoms with Crippen molar-refractivity contribution in [3.63, 3.8) is 0 Å². The molecule has 0 amide bonds. The first-order valence-electron chi connectivity index (χ1n) is 7.05. The average molecular weight is 264 g/mol. The predicted molar refractivity (Wildman–Crippen MR) is 72.8 cm³/mol. The zero-order valence-corrected chi connectivity index (χ0v) is 11.4. The number of nitrogens with one attached hydrogen (secondary N) is 1. The van der Waals surface area contributed by atoms with Gasteiger partial charge in [0.05, 0.1) is 7.11 Å². The molecule has 19 heavy (non-hydrogen) atoms. The highest BCUT2D eigenvalue weighted by molar-refractivity contribution is 5.28. The van der Waals surface area contributed by atoms with E-state index in [0.717, 1.165) is 18.7 Å². The number of ether oxygens (including phenoxy) is 1. The van der Waals surface area contributed by atoms with Crippen LogP contribution in [0.5, 0.6) is 5.75 Å². The van der Waals surface area contributed by atoms with Crippen LogP contribution in [0.2, 0.25) is 0 Å². The number of benzene rings is 1. The van der Waals surface area contributed by atoms with E-state index >= 15 is 0 Å². The van der Waals surface area contributed by atoms with Crippen molar-refractivity contribution in [1.82, 2.24) is 10.2 Å². The molecule has 0 aliphatic carbocycles. The first kappa shape index (κ1) is 12.9. The molecule has 0 spiro atoms. The fraction of sp³-hybridized carbons (Fsp3) is 0.600. The number of likely N-dealkylation sites (tertiary alicyclic amines) is 1. The largest absolute Gasteiger partial charge is 0.497 e. The quantitative estimate of drug-likeness (QED) is 0.905. The number of nitrogens with zero attached hydrogens (tertiary/aromatic N) is 1. The molecule has 4 heteroatoms. The molecule has 2 unspecified atom stereocenters. The summed E-state index contributed by atoms with van der Waals surface area (Å²) in [5.74, 6) is 0.416. The van der Waals surface area contributed by atoms with Crippen molar-refractivity contribution in [2.75, 3.05) is 20.2 Å². The molecule has 1 N–H and O–H groups in total. The molecule has 0 radical (unpaired) electrons. The van der Waals surface area contributed by atoms with Crippen LogP contribution >= 0.6 is 0 Å². The Morgan fingerprint density at radius 3 is 2.95 bits per heavy atom. The van der Waals surface area contributed by atoms with Gasteiger partial charge >= 0.3 is 0 Å². The van der Waals surface area contributed by atoms with Crippen LogP contribution in [0.4, 0.5) is 4.39 Å². The molecule has 3 rings (SSSR count). The van der Waals surface area contributed by atoms with Crippen molar-refractivity contribution >= 4 is 0 Å². The molecule has 2 fully saturated rings. The molecular formula is C15H21FN2O. The summed E-state index contributed by atoms with van der Waals surface area (Å²) in [6, 6.07) is 6.41. The molecule has 2 aliphatic heterocycles. The summed E-state index contributed by atoms with van der Waals surface area (Å²) in [4.78, 5) is 2.36. The van der Waals surface area contributed by atoms with Gasteiger partial charge in [0.2, 0.25) is 0 Å². The van der Waals surface area contributed by atoms with E-state index in [4.69, 9.17) is 4.74 Å². The zero-order valence-electron chi connectivity index (χ0n) is 11.4. The van der Waals surface area contributed by atoms with E-state index in [2.05, 4.69) is 10.2 Å². The lowest BCUT2D eigenvalue weighted by Crippen LogP contribution is -2.35. The molecule has 2 atom stereocenters. The number of fused-ring (bicyclic) bond motifs is 2. The third kappa shape index (κ3) is 2.90. The van der Waals surface area contributed by atoms with Crippen LogP contribution < -0.4 is 10.1 Å². The molecule has 104 valence electrons. The predicted octanol–water partition coefficient (Wildman–Crippen LogP) is 2.16. The number of hydrogen-bond donors (Lipinski definition) is 1. The Balaban J connectivity index is 1.67. The Hall–Kier alpha value is -1.13. The Morgan fingerprint density at radius 2 is 2.16 bits per heavy atom. The number of hydrogen-bond acceptors (Lipinski definition) is 3. The molecule has 3 nitrogen and oxygen atoms in total. The Morgan fingerprint density at radius 1 is 1.32 bits per heavy atom. The topological polar surface area (TPSA) is 24.5 Å². The van der Waals surface area contributed by atoms with E-state index in [1.807, 2.05) is 12.1 Å². The van der Waals surface area contributed by atoms with Crippen LogP contribution in [0.1, 0.15) is 24.8 Å². The summed E-state index contributed by atoms with van der Waals surface area (Å²) < 4.78 is 19.0. The van der Waals surface area contributed by atoms with Crippen LogP contribution in [0.3, 0.4) is 0 Å². The summed E-state index contributed by atoms with van der Waals surface area (Å²) in [5, 5.41) is 3.65. The van der Waals surface area contributed by atoms with Crippen LogP contribution in [0.15, 0.2) is 18.2 Å². The highest BCUT2D eigenvalue weighted by atomic mass is 19.1. The first-order chi connectivity index (χ1) is 9.24. The normalized spacial score (nSPS) is 27.3. The zero-order chi connectivity index (χ0) is 13.2. The van der Waals surface area contributed by atoms with Gasteiger partial charge in [-0.2, -0.15) is 0 Å². The van der Waals surface area contributed by atoms with Crippen LogP contribution in [0, 0.1) is 5.82 Å². The number of halogens is 1. The monoisotopic (exact) mass is 264 g/mol. The van der Waals surface area contributed by atoms with Gasteiger partial charge in [-0.1, -0.05) is 6.07 Å². The van der Waals surface area contributed by atoms with Gasteiger partial charge in [0.25, 0.3) is 0 Å². The second-order valence-corrected chi connectivity index (χ2v) is 5.62. The van der Waals surface area contributed by atoms with Crippen LogP contribution in [-0.2, 0) is 6.54 Å². The Labute approximate surface area is 113 Å². The fourth-order valence-electron chi connectivity index (χ4n) is 3.18. The summed E-state index contributed by atoms with van der Waals surface area (Å²) in [7, 11) is 1.56. The molecule has 2 saturated heterocycles. The van der Waals surface area contributed by atoms with E-state index in [1.165, 1.54) is 25.3 Å². The van der Waals surface area contributed by atoms with Gasteiger partial charge < -0.3 is 10.1 Å². The van der Waals surface area contributed by atoms with Gasteiger partial charge in [-0.15, -0.1) is 0 Å². The molecular weight excluding hydrogens is 243 g/mol. The van der Waals surface area contributed by atoms with Gasteiger partial charge in [0.1, 0.15) is 11.6 Å². The van der Waals surface area contributed by atoms with E-state index < -0.39 is 0 Å². The molecule has 2 aliphatic rings. The van der Waals surface area contributed by atoms with E-state index in [9.17, 15) is 4.39 Å². The lowest BCUT2D eigenvalue weighted by Gasteiger charge is -2.24. The second kappa shape index (κ2) is 5.47. The lowest BCUT2D eigenvalue weighted by molar-refractivity contribution is 0.247. The standard InChI is InChI=1S/C15H21FN2O/c1-19-14-5-2-11(15(16)8-14)9-18-7-6-12-3-4-13(10-18)17-12/h2,5,8,12-13,17H,3-4,6-7,9-10H2,1H3. The second-order valence-electron chi connectivity index (χ2n) is 5.62. The van der Waals surface area contributed by atoms with Crippen LogP contribution in [0.25, 0.3) is 0 Å². The first-order valence-corrected chi connectivity index (χ1v) is 7.05. The summed E-state index contributed by atoms with van der Waals surface area (Å²) in [6.45, 7) is 2.78. The minimum absolute atomic E-state index is 0.165. The maximum absolute atomic E-state index is 14.0. The van der Waals surface area contributed by atoms with Gasteiger partial charge in [-0.3, -0.25) is 4.90 Å². The van der Waals surface area contributed by atoms with E-state index in [1.54, 1.807) is 7.11 Å². The fourth-order valence-corrected chi connectivity index (χ4v) is 3.18. The van der Waals surface area contributed by atoms with Gasteiger partial charge in [-0.25, -0.2) is 4.39 Å². The summed E-state index contributed by atoms with van der Waals surface area (Å²) in [6.07, 6.45) is 3.73. The number of rotatable bonds is 3.